The second-order valence-corrected chi connectivity index (χ2v) is 5.74. The number of carbonyl (C=O) groups excluding carboxylic acids is 1. The molecule has 2 amide bonds. The highest BCUT2D eigenvalue weighted by atomic mass is 16.5. The number of nitrogens with zero attached hydrogens (tertiary/aromatic N) is 2. The first-order valence-electron chi connectivity index (χ1n) is 7.41. The van der Waals surface area contributed by atoms with Gasteiger partial charge in [0.15, 0.2) is 0 Å². The fourth-order valence-electron chi connectivity index (χ4n) is 2.87. The van der Waals surface area contributed by atoms with Crippen LogP contribution in [0.5, 0.6) is 0 Å². The molecule has 0 aliphatic carbocycles. The molecule has 0 radical (unpaired) electrons. The molecule has 0 aromatic carbocycles. The molecule has 0 bridgehead atoms. The van der Waals surface area contributed by atoms with Gasteiger partial charge in [-0.25, -0.2) is 4.79 Å². The first-order chi connectivity index (χ1) is 9.52. The zero-order valence-electron chi connectivity index (χ0n) is 12.2. The predicted molar refractivity (Wildman–Crippen MR) is 73.5 cm³/mol. The van der Waals surface area contributed by atoms with Crippen molar-refractivity contribution in [3.63, 3.8) is 0 Å². The van der Waals surface area contributed by atoms with Crippen LogP contribution in [0.4, 0.5) is 4.79 Å². The van der Waals surface area contributed by atoms with E-state index in [0.29, 0.717) is 26.2 Å². The van der Waals surface area contributed by atoms with Gasteiger partial charge in [-0.15, -0.1) is 0 Å². The van der Waals surface area contributed by atoms with Crippen molar-refractivity contribution < 1.29 is 19.4 Å². The Kier molecular flexibility index (Phi) is 4.86. The van der Waals surface area contributed by atoms with Crippen LogP contribution in [0.2, 0.25) is 0 Å². The molecule has 0 aromatic heterocycles. The van der Waals surface area contributed by atoms with Gasteiger partial charge in [0.2, 0.25) is 0 Å². The third-order valence-corrected chi connectivity index (χ3v) is 4.33. The molecule has 114 valence electrons. The van der Waals surface area contributed by atoms with Gasteiger partial charge in [0.1, 0.15) is 0 Å². The van der Waals surface area contributed by atoms with Crippen LogP contribution < -0.4 is 0 Å². The molecule has 6 nitrogen and oxygen atoms in total. The molecule has 2 rings (SSSR count). The van der Waals surface area contributed by atoms with E-state index < -0.39 is 5.97 Å². The van der Waals surface area contributed by atoms with Crippen LogP contribution in [-0.2, 0) is 9.53 Å². The summed E-state index contributed by atoms with van der Waals surface area (Å²) in [4.78, 5) is 26.8. The number of urea groups is 1. The van der Waals surface area contributed by atoms with Gasteiger partial charge in [-0.1, -0.05) is 6.92 Å². The molecule has 2 fully saturated rings. The number of hydrogen-bond donors (Lipinski definition) is 1. The van der Waals surface area contributed by atoms with E-state index in [-0.39, 0.29) is 24.0 Å². The third-order valence-electron chi connectivity index (χ3n) is 4.33. The lowest BCUT2D eigenvalue weighted by Gasteiger charge is -2.44. The summed E-state index contributed by atoms with van der Waals surface area (Å²) in [7, 11) is 0. The number of aliphatic carboxylic acids is 1. The maximum Gasteiger partial charge on any atom is 0.320 e. The van der Waals surface area contributed by atoms with Gasteiger partial charge in [-0.2, -0.15) is 0 Å². The largest absolute Gasteiger partial charge is 0.481 e. The lowest BCUT2D eigenvalue weighted by molar-refractivity contribution is -0.145. The normalized spacial score (nSPS) is 25.2. The standard InChI is InChI=1S/C14H24N2O4/c1-3-20-12-5-4-6-15(9-12)14(19)16-7-11(8-16)10(2)13(17)18/h10-12H,3-9H2,1-2H3,(H,17,18). The Balaban J connectivity index is 1.80. The van der Waals surface area contributed by atoms with Crippen LogP contribution in [0, 0.1) is 11.8 Å². The smallest absolute Gasteiger partial charge is 0.320 e. The maximum absolute atomic E-state index is 12.3. The van der Waals surface area contributed by atoms with Crippen LogP contribution in [-0.4, -0.2) is 65.8 Å². The molecule has 2 aliphatic rings. The zero-order chi connectivity index (χ0) is 14.7. The van der Waals surface area contributed by atoms with Crippen LogP contribution in [0.15, 0.2) is 0 Å². The lowest BCUT2D eigenvalue weighted by Crippen LogP contribution is -2.59. The topological polar surface area (TPSA) is 70.1 Å². The minimum Gasteiger partial charge on any atom is -0.481 e. The summed E-state index contributed by atoms with van der Waals surface area (Å²) < 4.78 is 5.60. The van der Waals surface area contributed by atoms with Gasteiger partial charge in [0.05, 0.1) is 12.0 Å². The predicted octanol–water partition coefficient (Wildman–Crippen LogP) is 1.26. The van der Waals surface area contributed by atoms with E-state index in [0.717, 1.165) is 19.4 Å². The van der Waals surface area contributed by atoms with E-state index in [9.17, 15) is 9.59 Å². The minimum absolute atomic E-state index is 0.0308. The van der Waals surface area contributed by atoms with Crippen molar-refractivity contribution in [2.24, 2.45) is 11.8 Å². The van der Waals surface area contributed by atoms with E-state index in [1.165, 1.54) is 0 Å². The Bertz CT molecular complexity index is 366. The molecule has 6 heteroatoms. The number of rotatable bonds is 4. The second-order valence-electron chi connectivity index (χ2n) is 5.74. The Labute approximate surface area is 119 Å². The molecule has 2 aliphatic heterocycles. The van der Waals surface area contributed by atoms with Gasteiger partial charge in [0, 0.05) is 38.7 Å². The second kappa shape index (κ2) is 6.43. The van der Waals surface area contributed by atoms with Crippen molar-refractivity contribution in [3.8, 4) is 0 Å². The molecule has 0 aromatic rings. The summed E-state index contributed by atoms with van der Waals surface area (Å²) in [6, 6.07) is 0.0308. The number of piperidine rings is 1. The first kappa shape index (κ1) is 15.1. The number of hydrogen-bond acceptors (Lipinski definition) is 3. The summed E-state index contributed by atoms with van der Waals surface area (Å²) in [5.74, 6) is -1.07. The van der Waals surface area contributed by atoms with E-state index in [4.69, 9.17) is 9.84 Å². The summed E-state index contributed by atoms with van der Waals surface area (Å²) in [5, 5.41) is 8.95. The third kappa shape index (κ3) is 3.23. The molecule has 0 saturated carbocycles. The molecule has 20 heavy (non-hydrogen) atoms. The van der Waals surface area contributed by atoms with Gasteiger partial charge in [-0.3, -0.25) is 4.79 Å². The number of carboxylic acid groups (broad SMARTS) is 1. The monoisotopic (exact) mass is 284 g/mol. The molecule has 2 saturated heterocycles. The fraction of sp³-hybridized carbons (Fsp3) is 0.857. The molecule has 0 spiro atoms. The van der Waals surface area contributed by atoms with Gasteiger partial charge < -0.3 is 19.6 Å². The van der Waals surface area contributed by atoms with E-state index in [1.54, 1.807) is 11.8 Å². The molecule has 2 unspecified atom stereocenters. The average Bonchev–Trinajstić information content (AvgIpc) is 2.37. The summed E-state index contributed by atoms with van der Waals surface area (Å²) in [5.41, 5.74) is 0. The number of likely N-dealkylation sites (tertiary alicyclic amines) is 2. The summed E-state index contributed by atoms with van der Waals surface area (Å²) in [6.45, 7) is 6.90. The Morgan fingerprint density at radius 2 is 2.00 bits per heavy atom. The van der Waals surface area contributed by atoms with Gasteiger partial charge >= 0.3 is 12.0 Å². The summed E-state index contributed by atoms with van der Waals surface area (Å²) >= 11 is 0. The molecular formula is C14H24N2O4. The van der Waals surface area contributed by atoms with Crippen molar-refractivity contribution in [3.05, 3.63) is 0 Å². The van der Waals surface area contributed by atoms with Crippen LogP contribution >= 0.6 is 0 Å². The maximum atomic E-state index is 12.3. The lowest BCUT2D eigenvalue weighted by atomic mass is 9.87. The quantitative estimate of drug-likeness (QED) is 0.843. The van der Waals surface area contributed by atoms with Crippen LogP contribution in [0.3, 0.4) is 0 Å². The van der Waals surface area contributed by atoms with E-state index >= 15 is 0 Å². The molecule has 1 N–H and O–H groups in total. The average molecular weight is 284 g/mol. The van der Waals surface area contributed by atoms with Gasteiger partial charge in [0.25, 0.3) is 0 Å². The van der Waals surface area contributed by atoms with Crippen molar-refractivity contribution in [1.82, 2.24) is 9.80 Å². The molecular weight excluding hydrogens is 260 g/mol. The van der Waals surface area contributed by atoms with Crippen molar-refractivity contribution in [2.75, 3.05) is 32.8 Å². The fourth-order valence-corrected chi connectivity index (χ4v) is 2.87. The highest BCUT2D eigenvalue weighted by Gasteiger charge is 2.39. The molecule has 2 heterocycles. The number of ether oxygens (including phenoxy) is 1. The van der Waals surface area contributed by atoms with Gasteiger partial charge in [-0.05, 0) is 19.8 Å². The van der Waals surface area contributed by atoms with E-state index in [2.05, 4.69) is 0 Å². The van der Waals surface area contributed by atoms with Crippen LogP contribution in [0.25, 0.3) is 0 Å². The first-order valence-corrected chi connectivity index (χ1v) is 7.41. The minimum atomic E-state index is -0.781. The Hall–Kier alpha value is -1.30. The van der Waals surface area contributed by atoms with Crippen molar-refractivity contribution in [2.45, 2.75) is 32.8 Å². The van der Waals surface area contributed by atoms with Crippen LogP contribution in [0.1, 0.15) is 26.7 Å². The highest BCUT2D eigenvalue weighted by molar-refractivity contribution is 5.76. The number of amides is 2. The summed E-state index contributed by atoms with van der Waals surface area (Å²) in [6.07, 6.45) is 2.13. The Morgan fingerprint density at radius 3 is 2.60 bits per heavy atom. The zero-order valence-corrected chi connectivity index (χ0v) is 12.2. The van der Waals surface area contributed by atoms with Crippen molar-refractivity contribution >= 4 is 12.0 Å². The van der Waals surface area contributed by atoms with E-state index in [1.807, 2.05) is 11.8 Å². The SMILES string of the molecule is CCOC1CCCN(C(=O)N2CC(C(C)C(=O)O)C2)C1. The number of carboxylic acids is 1. The Morgan fingerprint density at radius 1 is 1.30 bits per heavy atom. The van der Waals surface area contributed by atoms with Crippen molar-refractivity contribution in [1.29, 1.82) is 0 Å². The number of carbonyl (C=O) groups is 2. The molecule has 2 atom stereocenters. The highest BCUT2D eigenvalue weighted by Crippen LogP contribution is 2.26.